The van der Waals surface area contributed by atoms with Crippen molar-refractivity contribution >= 4 is 38.5 Å². The molecule has 1 fully saturated rings. The fourth-order valence-corrected chi connectivity index (χ4v) is 8.96. The second kappa shape index (κ2) is 24.4. The molecule has 370 valence electrons. The average Bonchev–Trinajstić information content (AvgIpc) is 4.25. The number of ether oxygens (including phenoxy) is 3. The Morgan fingerprint density at radius 2 is 1.17 bits per heavy atom. The lowest BCUT2D eigenvalue weighted by Gasteiger charge is -2.18. The number of methoxy groups -OCH3 is 2. The normalized spacial score (nSPS) is 18.2. The highest BCUT2D eigenvalue weighted by Crippen LogP contribution is 2.56. The third-order valence-corrected chi connectivity index (χ3v) is 14.3. The molecule has 3 unspecified atom stereocenters. The molecule has 24 heteroatoms. The summed E-state index contributed by atoms with van der Waals surface area (Å²) in [5, 5.41) is 1.43. The Morgan fingerprint density at radius 3 is 1.56 bits per heavy atom. The van der Waals surface area contributed by atoms with Crippen molar-refractivity contribution in [1.82, 2.24) is 43.6 Å². The van der Waals surface area contributed by atoms with Gasteiger partial charge in [-0.05, 0) is 98.1 Å². The predicted molar refractivity (Wildman–Crippen MR) is 261 cm³/mol. The molecule has 8 heterocycles. The minimum atomic E-state index is -4.78. The van der Waals surface area contributed by atoms with Crippen molar-refractivity contribution in [3.8, 4) is 45.3 Å². The van der Waals surface area contributed by atoms with Crippen LogP contribution < -0.4 is 10.6 Å². The van der Waals surface area contributed by atoms with Gasteiger partial charge in [-0.15, -0.1) is 0 Å². The number of benzene rings is 2. The first-order valence-electron chi connectivity index (χ1n) is 22.0. The number of fused-ring (bicyclic) bond motifs is 2. The van der Waals surface area contributed by atoms with E-state index >= 15 is 0 Å². The van der Waals surface area contributed by atoms with E-state index in [4.69, 9.17) is 44.7 Å². The van der Waals surface area contributed by atoms with Crippen molar-refractivity contribution in [3.63, 3.8) is 0 Å². The number of hydrogen-bond donors (Lipinski definition) is 3. The minimum absolute atomic E-state index is 0.0463. The maximum Gasteiger partial charge on any atom is 0.561 e. The first-order chi connectivity index (χ1) is 33.7. The molecule has 4 N–H and O–H groups in total. The van der Waals surface area contributed by atoms with Crippen LogP contribution in [0.25, 0.3) is 45.3 Å². The number of hydrogen-bond acceptors (Lipinski definition) is 15. The van der Waals surface area contributed by atoms with E-state index in [-0.39, 0.29) is 30.3 Å². The molecule has 18 nitrogen and oxygen atoms in total. The fraction of sp³-hybridized carbons (Fsp3) is 0.348. The quantitative estimate of drug-likeness (QED) is 0.0594. The van der Waals surface area contributed by atoms with E-state index in [1.165, 1.54) is 47.8 Å². The Bertz CT molecular complexity index is 2880. The van der Waals surface area contributed by atoms with E-state index in [1.807, 2.05) is 36.8 Å². The lowest BCUT2D eigenvalue weighted by molar-refractivity contribution is -0.185. The molecule has 3 aliphatic heterocycles. The summed E-state index contributed by atoms with van der Waals surface area (Å²) >= 11 is 3.01. The molecule has 3 aliphatic rings. The van der Waals surface area contributed by atoms with Crippen LogP contribution in [0.2, 0.25) is 0 Å². The van der Waals surface area contributed by atoms with E-state index in [0.29, 0.717) is 17.7 Å². The second-order valence-corrected chi connectivity index (χ2v) is 21.4. The highest BCUT2D eigenvalue weighted by atomic mass is 32.2. The molecule has 1 saturated heterocycles. The van der Waals surface area contributed by atoms with Crippen LogP contribution in [0, 0.1) is 11.6 Å². The first-order valence-corrected chi connectivity index (χ1v) is 27.9. The van der Waals surface area contributed by atoms with Gasteiger partial charge in [-0.25, -0.2) is 43.2 Å². The van der Waals surface area contributed by atoms with Crippen LogP contribution in [0.3, 0.4) is 0 Å². The Morgan fingerprint density at radius 1 is 0.743 bits per heavy atom. The highest BCUT2D eigenvalue weighted by Gasteiger charge is 2.33. The van der Waals surface area contributed by atoms with Crippen LogP contribution in [0.15, 0.2) is 108 Å². The van der Waals surface area contributed by atoms with Crippen LogP contribution in [0.4, 0.5) is 8.78 Å². The van der Waals surface area contributed by atoms with Crippen molar-refractivity contribution < 1.29 is 46.8 Å². The molecule has 0 bridgehead atoms. The lowest BCUT2D eigenvalue weighted by atomic mass is 10.1. The number of nitrogens with two attached hydrogens (primary N) is 1. The van der Waals surface area contributed by atoms with E-state index in [9.17, 15) is 22.8 Å². The number of aryl methyl sites for hydroxylation is 2. The molecule has 10 rings (SSSR count). The van der Waals surface area contributed by atoms with E-state index in [2.05, 4.69) is 41.0 Å². The molecule has 7 aromatic rings. The fourth-order valence-electron chi connectivity index (χ4n) is 8.25. The van der Waals surface area contributed by atoms with Gasteiger partial charge in [0.15, 0.2) is 22.9 Å². The summed E-state index contributed by atoms with van der Waals surface area (Å²) < 4.78 is 67.4. The van der Waals surface area contributed by atoms with Gasteiger partial charge >= 0.3 is 15.0 Å². The maximum atomic E-state index is 13.5. The molecule has 0 spiro atoms. The van der Waals surface area contributed by atoms with Gasteiger partial charge in [-0.1, -0.05) is 28.1 Å². The second-order valence-electron chi connectivity index (χ2n) is 15.9. The Kier molecular flexibility index (Phi) is 18.3. The molecule has 0 aliphatic carbocycles. The van der Waals surface area contributed by atoms with Gasteiger partial charge in [0.25, 0.3) is 0 Å². The molecule has 0 amide bonds. The summed E-state index contributed by atoms with van der Waals surface area (Å²) in [5.74, 6) is 1.55. The third kappa shape index (κ3) is 12.9. The minimum Gasteiger partial charge on any atom is -0.588 e. The van der Waals surface area contributed by atoms with Crippen molar-refractivity contribution in [2.24, 2.45) is 5.73 Å². The smallest absolute Gasteiger partial charge is 0.561 e. The van der Waals surface area contributed by atoms with Crippen LogP contribution in [0.5, 0.6) is 0 Å². The van der Waals surface area contributed by atoms with Gasteiger partial charge in [0, 0.05) is 94.9 Å². The molecular formula is C46H52F2N10O8P2S2. The summed E-state index contributed by atoms with van der Waals surface area (Å²) in [6.07, 6.45) is 17.3. The molecule has 2 aromatic carbocycles. The number of imidazole rings is 2. The topological polar surface area (TPSA) is 244 Å². The zero-order chi connectivity index (χ0) is 50.0. The van der Waals surface area contributed by atoms with Crippen LogP contribution >= 0.6 is 38.5 Å². The first kappa shape index (κ1) is 52.7. The Hall–Kier alpha value is -5.09. The standard InChI is InChI=1S/C22H20FN5S.C18H18FN5S.C6H12O3.H2O5P2/c1-29-22-24-11-10-18(25-22)21-20(15-4-6-16(23)7-5-15)26-19-9-8-17(28(19)21)14-27-12-2-3-13-27;1-25-18-21-9-8-14(22-18)17-16(11-2-4-12(19)5-3-11)23-15-7-6-13(10-20)24(15)17;1-7-5-3-4-6(8-2)9-5;1-6(2)7(3,4)5/h2-7,10-13,17H,8-9,14H2,1H3;2-5,8-9,13H,6-7,10,20H2,1H3;5-6H,3-4H2,1-2H3;(H2,3,4,5)/t17-;13-;;/m00../s1. The largest absolute Gasteiger partial charge is 0.588 e. The third-order valence-electron chi connectivity index (χ3n) is 11.5. The lowest BCUT2D eigenvalue weighted by Crippen LogP contribution is -2.16. The van der Waals surface area contributed by atoms with Crippen molar-refractivity contribution in [1.29, 1.82) is 0 Å². The predicted octanol–water partition coefficient (Wildman–Crippen LogP) is 8.09. The summed E-state index contributed by atoms with van der Waals surface area (Å²) in [6, 6.07) is 21.4. The van der Waals surface area contributed by atoms with E-state index in [0.717, 1.165) is 107 Å². The molecular weight excluding hydrogens is 985 g/mol. The SMILES string of the molecule is COC1CCC(OC)O1.CSc1nccc(-c2c(-c3ccc(F)cc3)nc3n2[C@H](CN)CC3)n1.CSc1nccc(-c2c(-c3ccc(F)cc3)nc3n2[C@H](Cn2cccc2)CC3)n1.O=[P+]([O-])P(=O)(O)O. The summed E-state index contributed by atoms with van der Waals surface area (Å²) in [4.78, 5) is 52.3. The maximum absolute atomic E-state index is 13.5. The van der Waals surface area contributed by atoms with Gasteiger partial charge in [0.2, 0.25) is 0 Å². The molecule has 5 atom stereocenters. The molecule has 70 heavy (non-hydrogen) atoms. The van der Waals surface area contributed by atoms with Gasteiger partial charge in [0.05, 0.1) is 40.2 Å². The van der Waals surface area contributed by atoms with Gasteiger partial charge < -0.3 is 38.5 Å². The summed E-state index contributed by atoms with van der Waals surface area (Å²) in [7, 11) is -5.08. The molecule has 0 saturated carbocycles. The average molecular weight is 1040 g/mol. The van der Waals surface area contributed by atoms with Crippen molar-refractivity contribution in [2.45, 2.75) is 80.0 Å². The van der Waals surface area contributed by atoms with Crippen molar-refractivity contribution in [3.05, 3.63) is 121 Å². The van der Waals surface area contributed by atoms with Crippen LogP contribution in [-0.4, -0.2) is 99.2 Å². The number of nitrogens with zero attached hydrogens (tertiary/aromatic N) is 9. The number of aromatic nitrogens is 9. The monoisotopic (exact) mass is 1040 g/mol. The Labute approximate surface area is 412 Å². The summed E-state index contributed by atoms with van der Waals surface area (Å²) in [6.45, 7) is 1.44. The Balaban J connectivity index is 0.000000159. The van der Waals surface area contributed by atoms with Gasteiger partial charge in [0.1, 0.15) is 23.3 Å². The molecule has 5 aromatic heterocycles. The van der Waals surface area contributed by atoms with Gasteiger partial charge in [-0.3, -0.25) is 9.79 Å². The van der Waals surface area contributed by atoms with E-state index in [1.54, 1.807) is 50.9 Å². The van der Waals surface area contributed by atoms with Crippen LogP contribution in [-0.2, 0) is 42.7 Å². The highest BCUT2D eigenvalue weighted by molar-refractivity contribution is 8.19. The van der Waals surface area contributed by atoms with Crippen LogP contribution in [0.1, 0.15) is 49.4 Å². The van der Waals surface area contributed by atoms with Crippen molar-refractivity contribution in [2.75, 3.05) is 33.3 Å². The molecule has 0 radical (unpaired) electrons. The zero-order valence-electron chi connectivity index (χ0n) is 38.6. The van der Waals surface area contributed by atoms with Gasteiger partial charge in [-0.2, -0.15) is 0 Å². The van der Waals surface area contributed by atoms with E-state index < -0.39 is 15.0 Å². The number of thioether (sulfide) groups is 2. The zero-order valence-corrected chi connectivity index (χ0v) is 42.0. The number of halogens is 2. The number of rotatable bonds is 12. The summed E-state index contributed by atoms with van der Waals surface area (Å²) in [5.41, 5.74) is 13.0.